The van der Waals surface area contributed by atoms with Gasteiger partial charge in [-0.15, -0.1) is 0 Å². The summed E-state index contributed by atoms with van der Waals surface area (Å²) in [6.45, 7) is 3.14. The quantitative estimate of drug-likeness (QED) is 0.900. The number of benzene rings is 2. The van der Waals surface area contributed by atoms with Gasteiger partial charge in [0.25, 0.3) is 0 Å². The Morgan fingerprint density at radius 2 is 2.10 bits per heavy atom. The Bertz CT molecular complexity index is 635. The molecule has 0 aromatic heterocycles. The van der Waals surface area contributed by atoms with Gasteiger partial charge in [-0.1, -0.05) is 12.1 Å². The minimum absolute atomic E-state index is 0.0399. The summed E-state index contributed by atoms with van der Waals surface area (Å²) < 4.78 is 18.6. The fourth-order valence-electron chi connectivity index (χ4n) is 1.84. The van der Waals surface area contributed by atoms with Gasteiger partial charge in [0.1, 0.15) is 17.6 Å². The van der Waals surface area contributed by atoms with Crippen LogP contribution in [-0.4, -0.2) is 6.61 Å². The van der Waals surface area contributed by atoms with Gasteiger partial charge in [0.2, 0.25) is 0 Å². The molecule has 0 saturated carbocycles. The molecule has 0 fully saturated rings. The highest BCUT2D eigenvalue weighted by Gasteiger charge is 2.03. The van der Waals surface area contributed by atoms with Crippen molar-refractivity contribution in [2.45, 2.75) is 13.5 Å². The maximum atomic E-state index is 13.2. The molecule has 2 aromatic rings. The summed E-state index contributed by atoms with van der Waals surface area (Å²) in [5, 5.41) is 11.9. The van der Waals surface area contributed by atoms with E-state index in [0.717, 1.165) is 11.3 Å². The first-order chi connectivity index (χ1) is 9.72. The highest BCUT2D eigenvalue weighted by molar-refractivity contribution is 5.50. The third kappa shape index (κ3) is 3.48. The molecular formula is C16H15FN2O. The van der Waals surface area contributed by atoms with E-state index in [4.69, 9.17) is 10.00 Å². The van der Waals surface area contributed by atoms with Crippen LogP contribution in [0.3, 0.4) is 0 Å². The number of hydrogen-bond acceptors (Lipinski definition) is 3. The molecule has 0 radical (unpaired) electrons. The van der Waals surface area contributed by atoms with Gasteiger partial charge < -0.3 is 10.1 Å². The summed E-state index contributed by atoms with van der Waals surface area (Å²) in [4.78, 5) is 0. The average molecular weight is 270 g/mol. The van der Waals surface area contributed by atoms with Crippen LogP contribution in [0.5, 0.6) is 5.75 Å². The maximum absolute atomic E-state index is 13.2. The van der Waals surface area contributed by atoms with Crippen molar-refractivity contribution in [3.05, 3.63) is 59.4 Å². The first kappa shape index (κ1) is 13.9. The summed E-state index contributed by atoms with van der Waals surface area (Å²) in [5.74, 6) is 0.319. The summed E-state index contributed by atoms with van der Waals surface area (Å²) >= 11 is 0. The van der Waals surface area contributed by atoms with Gasteiger partial charge in [-0.3, -0.25) is 0 Å². The van der Waals surface area contributed by atoms with E-state index in [0.29, 0.717) is 18.8 Å². The van der Waals surface area contributed by atoms with E-state index in [-0.39, 0.29) is 5.56 Å². The van der Waals surface area contributed by atoms with Crippen LogP contribution in [0.15, 0.2) is 42.5 Å². The second kappa shape index (κ2) is 6.58. The van der Waals surface area contributed by atoms with Gasteiger partial charge in [0.15, 0.2) is 0 Å². The molecule has 2 rings (SSSR count). The number of anilines is 1. The first-order valence-electron chi connectivity index (χ1n) is 6.38. The van der Waals surface area contributed by atoms with Gasteiger partial charge in [0.05, 0.1) is 12.2 Å². The predicted octanol–water partition coefficient (Wildman–Crippen LogP) is 3.71. The third-order valence-electron chi connectivity index (χ3n) is 2.79. The zero-order valence-electron chi connectivity index (χ0n) is 11.2. The Balaban J connectivity index is 2.05. The molecule has 102 valence electrons. The van der Waals surface area contributed by atoms with Crippen LogP contribution in [0.1, 0.15) is 18.1 Å². The van der Waals surface area contributed by atoms with Crippen LogP contribution in [0.2, 0.25) is 0 Å². The summed E-state index contributed by atoms with van der Waals surface area (Å²) in [6, 6.07) is 14.0. The zero-order chi connectivity index (χ0) is 14.4. The largest absolute Gasteiger partial charge is 0.494 e. The van der Waals surface area contributed by atoms with Crippen molar-refractivity contribution in [2.75, 3.05) is 11.9 Å². The Labute approximate surface area is 117 Å². The van der Waals surface area contributed by atoms with E-state index >= 15 is 0 Å². The van der Waals surface area contributed by atoms with Crippen molar-refractivity contribution in [3.63, 3.8) is 0 Å². The topological polar surface area (TPSA) is 45.0 Å². The number of ether oxygens (including phenoxy) is 1. The van der Waals surface area contributed by atoms with Crippen molar-refractivity contribution in [2.24, 2.45) is 0 Å². The van der Waals surface area contributed by atoms with Crippen molar-refractivity contribution >= 4 is 5.69 Å². The molecule has 3 nitrogen and oxygen atoms in total. The molecule has 1 N–H and O–H groups in total. The van der Waals surface area contributed by atoms with Gasteiger partial charge in [0, 0.05) is 12.2 Å². The second-order valence-electron chi connectivity index (χ2n) is 4.24. The van der Waals surface area contributed by atoms with E-state index in [1.807, 2.05) is 37.3 Å². The van der Waals surface area contributed by atoms with Gasteiger partial charge in [-0.2, -0.15) is 5.26 Å². The number of halogens is 1. The fourth-order valence-corrected chi connectivity index (χ4v) is 1.84. The Hall–Kier alpha value is -2.54. The Kier molecular flexibility index (Phi) is 4.56. The molecule has 0 unspecified atom stereocenters. The van der Waals surface area contributed by atoms with Crippen LogP contribution >= 0.6 is 0 Å². The molecule has 0 heterocycles. The molecule has 4 heteroatoms. The van der Waals surface area contributed by atoms with Crippen LogP contribution < -0.4 is 10.1 Å². The number of nitriles is 1. The molecule has 0 bridgehead atoms. The molecule has 0 spiro atoms. The molecule has 0 aliphatic carbocycles. The second-order valence-corrected chi connectivity index (χ2v) is 4.24. The lowest BCUT2D eigenvalue weighted by atomic mass is 10.2. The van der Waals surface area contributed by atoms with Crippen molar-refractivity contribution < 1.29 is 9.13 Å². The van der Waals surface area contributed by atoms with E-state index < -0.39 is 5.82 Å². The SMILES string of the molecule is CCOc1cccc(CNc2ccc(F)c(C#N)c2)c1. The highest BCUT2D eigenvalue weighted by Crippen LogP contribution is 2.17. The van der Waals surface area contributed by atoms with Crippen molar-refractivity contribution in [1.29, 1.82) is 5.26 Å². The number of nitrogens with zero attached hydrogens (tertiary/aromatic N) is 1. The smallest absolute Gasteiger partial charge is 0.141 e. The monoisotopic (exact) mass is 270 g/mol. The first-order valence-corrected chi connectivity index (χ1v) is 6.38. The maximum Gasteiger partial charge on any atom is 0.141 e. The van der Waals surface area contributed by atoms with Gasteiger partial charge in [-0.05, 0) is 42.8 Å². The predicted molar refractivity (Wildman–Crippen MR) is 76.1 cm³/mol. The van der Waals surface area contributed by atoms with Crippen LogP contribution in [0, 0.1) is 17.1 Å². The third-order valence-corrected chi connectivity index (χ3v) is 2.79. The number of rotatable bonds is 5. The minimum Gasteiger partial charge on any atom is -0.494 e. The lowest BCUT2D eigenvalue weighted by Gasteiger charge is -2.09. The molecule has 0 atom stereocenters. The lowest BCUT2D eigenvalue weighted by Crippen LogP contribution is -2.01. The molecule has 0 amide bonds. The average Bonchev–Trinajstić information content (AvgIpc) is 2.47. The van der Waals surface area contributed by atoms with Gasteiger partial charge >= 0.3 is 0 Å². The molecule has 0 saturated heterocycles. The van der Waals surface area contributed by atoms with Crippen LogP contribution in [0.4, 0.5) is 10.1 Å². The lowest BCUT2D eigenvalue weighted by molar-refractivity contribution is 0.340. The summed E-state index contributed by atoms with van der Waals surface area (Å²) in [7, 11) is 0. The minimum atomic E-state index is -0.503. The van der Waals surface area contributed by atoms with Crippen LogP contribution in [0.25, 0.3) is 0 Å². The highest BCUT2D eigenvalue weighted by atomic mass is 19.1. The van der Waals surface area contributed by atoms with E-state index in [2.05, 4.69) is 5.32 Å². The fraction of sp³-hybridized carbons (Fsp3) is 0.188. The molecule has 2 aromatic carbocycles. The Morgan fingerprint density at radius 3 is 2.85 bits per heavy atom. The van der Waals surface area contributed by atoms with E-state index in [9.17, 15) is 4.39 Å². The van der Waals surface area contributed by atoms with E-state index in [1.165, 1.54) is 12.1 Å². The Morgan fingerprint density at radius 1 is 1.25 bits per heavy atom. The van der Waals surface area contributed by atoms with Crippen LogP contribution in [-0.2, 0) is 6.54 Å². The van der Waals surface area contributed by atoms with Crippen molar-refractivity contribution in [3.8, 4) is 11.8 Å². The molecule has 0 aliphatic heterocycles. The standard InChI is InChI=1S/C16H15FN2O/c1-2-20-15-5-3-4-12(8-15)11-19-14-6-7-16(17)13(9-14)10-18/h3-9,19H,2,11H2,1H3. The summed E-state index contributed by atoms with van der Waals surface area (Å²) in [6.07, 6.45) is 0. The van der Waals surface area contributed by atoms with Gasteiger partial charge in [-0.25, -0.2) is 4.39 Å². The molecular weight excluding hydrogens is 255 g/mol. The number of nitrogens with one attached hydrogen (secondary N) is 1. The number of hydrogen-bond donors (Lipinski definition) is 1. The van der Waals surface area contributed by atoms with E-state index in [1.54, 1.807) is 6.07 Å². The zero-order valence-corrected chi connectivity index (χ0v) is 11.2. The molecule has 0 aliphatic rings. The normalized spacial score (nSPS) is 9.85. The molecule has 20 heavy (non-hydrogen) atoms. The summed E-state index contributed by atoms with van der Waals surface area (Å²) in [5.41, 5.74) is 1.81. The van der Waals surface area contributed by atoms with Crippen molar-refractivity contribution in [1.82, 2.24) is 0 Å².